The Morgan fingerprint density at radius 1 is 1.43 bits per heavy atom. The van der Waals surface area contributed by atoms with Crippen LogP contribution in [-0.2, 0) is 30.2 Å². The molecule has 2 aromatic heterocycles. The molecule has 2 unspecified atom stereocenters. The third-order valence-electron chi connectivity index (χ3n) is 4.10. The third kappa shape index (κ3) is 2.66. The van der Waals surface area contributed by atoms with Gasteiger partial charge in [0.2, 0.25) is 0 Å². The zero-order valence-electron chi connectivity index (χ0n) is 12.1. The molecule has 3 rings (SSSR count). The molecule has 0 fully saturated rings. The first kappa shape index (κ1) is 15.1. The quantitative estimate of drug-likeness (QED) is 0.873. The lowest BCUT2D eigenvalue weighted by molar-refractivity contribution is 0.621. The summed E-state index contributed by atoms with van der Waals surface area (Å²) >= 11 is 6.99. The van der Waals surface area contributed by atoms with E-state index in [4.69, 9.17) is 12.2 Å². The van der Waals surface area contributed by atoms with Crippen molar-refractivity contribution in [1.82, 2.24) is 9.55 Å². The zero-order chi connectivity index (χ0) is 15.1. The Kier molecular flexibility index (Phi) is 4.16. The lowest BCUT2D eigenvalue weighted by Gasteiger charge is -2.12. The van der Waals surface area contributed by atoms with Crippen molar-refractivity contribution < 1.29 is 4.21 Å². The molecule has 2 heterocycles. The molecule has 2 atom stereocenters. The third-order valence-corrected chi connectivity index (χ3v) is 6.91. The van der Waals surface area contributed by atoms with Crippen molar-refractivity contribution in [3.05, 3.63) is 25.6 Å². The largest absolute Gasteiger partial charge is 0.323 e. The number of nitrogens with zero attached hydrogens (tertiary/aromatic N) is 1. The molecule has 1 aliphatic rings. The van der Waals surface area contributed by atoms with Crippen LogP contribution in [-0.4, -0.2) is 25.3 Å². The van der Waals surface area contributed by atoms with Crippen LogP contribution in [0.5, 0.6) is 0 Å². The lowest BCUT2D eigenvalue weighted by Crippen LogP contribution is -2.28. The average Bonchev–Trinajstić information content (AvgIpc) is 2.80. The van der Waals surface area contributed by atoms with E-state index in [1.165, 1.54) is 16.9 Å². The molecule has 114 valence electrons. The zero-order valence-corrected chi connectivity index (χ0v) is 14.6. The second-order valence-corrected chi connectivity index (χ2v) is 8.86. The van der Waals surface area contributed by atoms with Gasteiger partial charge in [0.1, 0.15) is 4.83 Å². The van der Waals surface area contributed by atoms with E-state index in [0.717, 1.165) is 29.5 Å². The van der Waals surface area contributed by atoms with E-state index in [1.54, 1.807) is 22.2 Å². The fourth-order valence-corrected chi connectivity index (χ4v) is 4.76. The summed E-state index contributed by atoms with van der Waals surface area (Å²) < 4.78 is 13.6. The van der Waals surface area contributed by atoms with Gasteiger partial charge in [0.25, 0.3) is 5.56 Å². The van der Waals surface area contributed by atoms with Gasteiger partial charge in [-0.05, 0) is 50.4 Å². The highest BCUT2D eigenvalue weighted by molar-refractivity contribution is 7.84. The first-order valence-electron chi connectivity index (χ1n) is 7.08. The molecule has 0 amide bonds. The molecule has 4 nitrogen and oxygen atoms in total. The summed E-state index contributed by atoms with van der Waals surface area (Å²) in [7, 11) is -0.971. The van der Waals surface area contributed by atoms with Gasteiger partial charge in [-0.25, -0.2) is 0 Å². The summed E-state index contributed by atoms with van der Waals surface area (Å²) in [5, 5.41) is 0.710. The normalized spacial score (nSPS) is 17.6. The highest BCUT2D eigenvalue weighted by Crippen LogP contribution is 2.33. The summed E-state index contributed by atoms with van der Waals surface area (Å²) in [5.74, 6) is 0. The van der Waals surface area contributed by atoms with Crippen LogP contribution in [0.25, 0.3) is 10.2 Å². The smallest absolute Gasteiger partial charge is 0.263 e. The van der Waals surface area contributed by atoms with E-state index < -0.39 is 10.8 Å². The Balaban J connectivity index is 2.20. The summed E-state index contributed by atoms with van der Waals surface area (Å²) in [5.41, 5.74) is 1.18. The predicted octanol–water partition coefficient (Wildman–Crippen LogP) is 2.77. The Morgan fingerprint density at radius 3 is 2.86 bits per heavy atom. The van der Waals surface area contributed by atoms with Crippen LogP contribution < -0.4 is 5.56 Å². The molecule has 1 aliphatic carbocycles. The number of hydrogen-bond donors (Lipinski definition) is 1. The average molecular weight is 343 g/mol. The Hall–Kier alpha value is -0.790. The van der Waals surface area contributed by atoms with Gasteiger partial charge in [0, 0.05) is 33.7 Å². The minimum absolute atomic E-state index is 0.0227. The van der Waals surface area contributed by atoms with Gasteiger partial charge in [-0.2, -0.15) is 0 Å². The Bertz CT molecular complexity index is 831. The first-order valence-corrected chi connectivity index (χ1v) is 9.93. The number of aryl methyl sites for hydroxylation is 2. The highest BCUT2D eigenvalue weighted by atomic mass is 32.2. The number of H-pyrrole nitrogens is 1. The maximum Gasteiger partial charge on any atom is 0.263 e. The topological polar surface area (TPSA) is 54.9 Å². The fourth-order valence-electron chi connectivity index (χ4n) is 2.80. The second kappa shape index (κ2) is 5.78. The molecule has 1 N–H and O–H groups in total. The summed E-state index contributed by atoms with van der Waals surface area (Å²) in [6, 6.07) is 0. The molecule has 0 radical (unpaired) electrons. The molecule has 0 bridgehead atoms. The lowest BCUT2D eigenvalue weighted by atomic mass is 9.97. The van der Waals surface area contributed by atoms with Gasteiger partial charge in [0.15, 0.2) is 4.77 Å². The predicted molar refractivity (Wildman–Crippen MR) is 91.4 cm³/mol. The molecule has 21 heavy (non-hydrogen) atoms. The molecule has 0 spiro atoms. The van der Waals surface area contributed by atoms with Crippen LogP contribution in [0.1, 0.15) is 30.2 Å². The number of nitrogens with one attached hydrogen (secondary N) is 1. The van der Waals surface area contributed by atoms with E-state index >= 15 is 0 Å². The standard InChI is InChI=1S/C14H18N2O2S3/c1-8(21(2)18)7-16-13(17)11-9-5-3-4-6-10(9)20-12(11)15-14(16)19/h8H,3-7H2,1-2H3,(H,15,19). The molecular formula is C14H18N2O2S3. The van der Waals surface area contributed by atoms with Crippen molar-refractivity contribution in [3.63, 3.8) is 0 Å². The van der Waals surface area contributed by atoms with E-state index in [9.17, 15) is 9.00 Å². The number of fused-ring (bicyclic) bond motifs is 3. The SMILES string of the molecule is CC(Cn1c(=S)[nH]c2sc3c(c2c1=O)CCCC3)S(C)=O. The van der Waals surface area contributed by atoms with Crippen molar-refractivity contribution >= 4 is 44.6 Å². The van der Waals surface area contributed by atoms with Crippen LogP contribution in [0.2, 0.25) is 0 Å². The summed E-state index contributed by atoms with van der Waals surface area (Å²) in [6.45, 7) is 2.28. The molecule has 0 aromatic carbocycles. The van der Waals surface area contributed by atoms with E-state index in [2.05, 4.69) is 4.98 Å². The number of aromatic nitrogens is 2. The fraction of sp³-hybridized carbons (Fsp3) is 0.571. The summed E-state index contributed by atoms with van der Waals surface area (Å²) in [6.07, 6.45) is 6.03. The molecule has 2 aromatic rings. The maximum absolute atomic E-state index is 12.8. The van der Waals surface area contributed by atoms with Crippen molar-refractivity contribution in [2.45, 2.75) is 44.4 Å². The second-order valence-electron chi connectivity index (χ2n) is 5.57. The van der Waals surface area contributed by atoms with Crippen molar-refractivity contribution in [2.75, 3.05) is 6.26 Å². The van der Waals surface area contributed by atoms with Crippen molar-refractivity contribution in [2.24, 2.45) is 0 Å². The number of aromatic amines is 1. The van der Waals surface area contributed by atoms with Crippen molar-refractivity contribution in [1.29, 1.82) is 0 Å². The Labute approximate surface area is 134 Å². The molecule has 7 heteroatoms. The van der Waals surface area contributed by atoms with Crippen LogP contribution in [0, 0.1) is 4.77 Å². The molecule has 0 aliphatic heterocycles. The molecular weight excluding hydrogens is 324 g/mol. The highest BCUT2D eigenvalue weighted by Gasteiger charge is 2.21. The molecule has 0 saturated carbocycles. The van der Waals surface area contributed by atoms with E-state index in [1.807, 2.05) is 6.92 Å². The minimum Gasteiger partial charge on any atom is -0.323 e. The number of thiophene rings is 1. The van der Waals surface area contributed by atoms with Crippen LogP contribution in [0.3, 0.4) is 0 Å². The van der Waals surface area contributed by atoms with Gasteiger partial charge in [-0.3, -0.25) is 13.6 Å². The van der Waals surface area contributed by atoms with Gasteiger partial charge < -0.3 is 4.98 Å². The van der Waals surface area contributed by atoms with Gasteiger partial charge in [0.05, 0.1) is 5.39 Å². The van der Waals surface area contributed by atoms with Crippen molar-refractivity contribution in [3.8, 4) is 0 Å². The first-order chi connectivity index (χ1) is 9.99. The molecule has 0 saturated heterocycles. The van der Waals surface area contributed by atoms with Gasteiger partial charge in [-0.15, -0.1) is 11.3 Å². The van der Waals surface area contributed by atoms with Gasteiger partial charge >= 0.3 is 0 Å². The number of rotatable bonds is 3. The van der Waals surface area contributed by atoms with E-state index in [0.29, 0.717) is 11.3 Å². The Morgan fingerprint density at radius 2 is 2.14 bits per heavy atom. The van der Waals surface area contributed by atoms with Crippen LogP contribution >= 0.6 is 23.6 Å². The maximum atomic E-state index is 12.8. The summed E-state index contributed by atoms with van der Waals surface area (Å²) in [4.78, 5) is 18.2. The van der Waals surface area contributed by atoms with E-state index in [-0.39, 0.29) is 10.8 Å². The van der Waals surface area contributed by atoms with Crippen LogP contribution in [0.4, 0.5) is 0 Å². The minimum atomic E-state index is -0.971. The number of hydrogen-bond acceptors (Lipinski definition) is 4. The van der Waals surface area contributed by atoms with Gasteiger partial charge in [-0.1, -0.05) is 0 Å². The monoisotopic (exact) mass is 342 g/mol. The van der Waals surface area contributed by atoms with Crippen LogP contribution in [0.15, 0.2) is 4.79 Å².